The van der Waals surface area contributed by atoms with Gasteiger partial charge >= 0.3 is 5.97 Å². The van der Waals surface area contributed by atoms with Gasteiger partial charge in [0, 0.05) is 24.3 Å². The quantitative estimate of drug-likeness (QED) is 0.249. The molecule has 210 valence electrons. The van der Waals surface area contributed by atoms with Crippen molar-refractivity contribution in [3.05, 3.63) is 82.8 Å². The number of nitrogens with zero attached hydrogens (tertiary/aromatic N) is 5. The molecule has 3 aromatic heterocycles. The number of rotatable bonds is 9. The first-order chi connectivity index (χ1) is 20.1. The molecule has 0 amide bonds. The average Bonchev–Trinajstić information content (AvgIpc) is 3.54. The van der Waals surface area contributed by atoms with Gasteiger partial charge in [-0.3, -0.25) is 4.90 Å². The molecule has 0 radical (unpaired) electrons. The number of para-hydroxylation sites is 1. The maximum absolute atomic E-state index is 11.6. The van der Waals surface area contributed by atoms with Crippen molar-refractivity contribution < 1.29 is 19.4 Å². The molecule has 1 atom stereocenters. The Morgan fingerprint density at radius 2 is 1.85 bits per heavy atom. The Morgan fingerprint density at radius 1 is 1.00 bits per heavy atom. The summed E-state index contributed by atoms with van der Waals surface area (Å²) in [5.41, 5.74) is 4.03. The largest absolute Gasteiger partial charge is 0.478 e. The van der Waals surface area contributed by atoms with Crippen LogP contribution in [0.1, 0.15) is 52.1 Å². The number of likely N-dealkylation sites (tertiary alicyclic amines) is 1. The summed E-state index contributed by atoms with van der Waals surface area (Å²) >= 11 is 1.65. The first kappa shape index (κ1) is 26.1. The van der Waals surface area contributed by atoms with Crippen LogP contribution in [0.3, 0.4) is 0 Å². The first-order valence-corrected chi connectivity index (χ1v) is 14.9. The summed E-state index contributed by atoms with van der Waals surface area (Å²) in [7, 11) is 0. The molecular weight excluding hydrogens is 538 g/mol. The Bertz CT molecular complexity index is 1670. The van der Waals surface area contributed by atoms with Gasteiger partial charge in [-0.1, -0.05) is 18.2 Å². The number of carboxylic acid groups (broad SMARTS) is 1. The molecule has 5 aromatic rings. The van der Waals surface area contributed by atoms with Gasteiger partial charge in [-0.15, -0.1) is 11.3 Å². The summed E-state index contributed by atoms with van der Waals surface area (Å²) in [5, 5.41) is 10.5. The zero-order chi connectivity index (χ0) is 27.8. The third-order valence-electron chi connectivity index (χ3n) is 8.05. The molecule has 2 aliphatic rings. The van der Waals surface area contributed by atoms with E-state index in [1.807, 2.05) is 36.4 Å². The lowest BCUT2D eigenvalue weighted by atomic mass is 9.93. The van der Waals surface area contributed by atoms with Crippen LogP contribution in [0.25, 0.3) is 21.3 Å². The van der Waals surface area contributed by atoms with Gasteiger partial charge < -0.3 is 19.1 Å². The lowest BCUT2D eigenvalue weighted by Crippen LogP contribution is -2.35. The summed E-state index contributed by atoms with van der Waals surface area (Å²) in [6.07, 6.45) is 3.17. The molecule has 41 heavy (non-hydrogen) atoms. The number of fused-ring (bicyclic) bond motifs is 2. The molecule has 2 aliphatic heterocycles. The van der Waals surface area contributed by atoms with Crippen LogP contribution >= 0.6 is 11.3 Å². The van der Waals surface area contributed by atoms with Crippen molar-refractivity contribution in [3.63, 3.8) is 0 Å². The fraction of sp³-hybridized carbons (Fsp3) is 0.355. The lowest BCUT2D eigenvalue weighted by Gasteiger charge is -2.32. The topological polar surface area (TPSA) is 103 Å². The summed E-state index contributed by atoms with van der Waals surface area (Å²) in [4.78, 5) is 28.4. The molecule has 10 heteroatoms. The van der Waals surface area contributed by atoms with Gasteiger partial charge in [-0.05, 0) is 68.8 Å². The zero-order valence-corrected chi connectivity index (χ0v) is 23.4. The Kier molecular flexibility index (Phi) is 7.12. The Labute approximate surface area is 241 Å². The van der Waals surface area contributed by atoms with Crippen LogP contribution in [-0.4, -0.2) is 61.3 Å². The highest BCUT2D eigenvalue weighted by Gasteiger charge is 2.26. The molecule has 0 saturated carbocycles. The van der Waals surface area contributed by atoms with Crippen LogP contribution < -0.4 is 4.74 Å². The van der Waals surface area contributed by atoms with Crippen LogP contribution in [0.5, 0.6) is 5.88 Å². The van der Waals surface area contributed by atoms with E-state index in [4.69, 9.17) is 19.4 Å². The Balaban J connectivity index is 1.00. The number of pyridine rings is 1. The molecule has 2 fully saturated rings. The predicted molar refractivity (Wildman–Crippen MR) is 156 cm³/mol. The van der Waals surface area contributed by atoms with E-state index in [9.17, 15) is 9.90 Å². The van der Waals surface area contributed by atoms with Gasteiger partial charge in [0.15, 0.2) is 0 Å². The van der Waals surface area contributed by atoms with E-state index in [0.29, 0.717) is 24.9 Å². The van der Waals surface area contributed by atoms with Crippen LogP contribution in [0.2, 0.25) is 0 Å². The number of aromatic carboxylic acids is 1. The number of hydrogen-bond donors (Lipinski definition) is 1. The van der Waals surface area contributed by atoms with Gasteiger partial charge in [0.2, 0.25) is 5.88 Å². The number of thiazole rings is 1. The summed E-state index contributed by atoms with van der Waals surface area (Å²) in [6.45, 7) is 4.48. The second kappa shape index (κ2) is 11.2. The normalized spacial score (nSPS) is 18.1. The fourth-order valence-electron chi connectivity index (χ4n) is 5.70. The van der Waals surface area contributed by atoms with E-state index in [1.165, 1.54) is 0 Å². The van der Waals surface area contributed by atoms with Crippen molar-refractivity contribution in [1.29, 1.82) is 0 Å². The van der Waals surface area contributed by atoms with Crippen molar-refractivity contribution in [2.45, 2.75) is 51.0 Å². The van der Waals surface area contributed by atoms with Crippen LogP contribution in [-0.2, 0) is 24.4 Å². The lowest BCUT2D eigenvalue weighted by molar-refractivity contribution is -0.0592. The summed E-state index contributed by atoms with van der Waals surface area (Å²) in [6, 6.07) is 19.3. The first-order valence-electron chi connectivity index (χ1n) is 14.1. The molecule has 2 saturated heterocycles. The molecule has 1 unspecified atom stereocenters. The van der Waals surface area contributed by atoms with E-state index in [2.05, 4.69) is 26.6 Å². The smallest absolute Gasteiger partial charge is 0.335 e. The van der Waals surface area contributed by atoms with Gasteiger partial charge in [-0.2, -0.15) is 0 Å². The van der Waals surface area contributed by atoms with Crippen LogP contribution in [0.4, 0.5) is 0 Å². The minimum Gasteiger partial charge on any atom is -0.478 e. The molecule has 0 aliphatic carbocycles. The van der Waals surface area contributed by atoms with Crippen molar-refractivity contribution in [1.82, 2.24) is 24.4 Å². The number of piperidine rings is 1. The molecule has 0 bridgehead atoms. The minimum absolute atomic E-state index is 0.153. The SMILES string of the molecule is O=C(O)c1ccc2nc(CN3CCC(c4cccc(OCc5nc6ccccc6s5)n4)CC3)n(CC3CCO3)c2c1. The highest BCUT2D eigenvalue weighted by Crippen LogP contribution is 2.30. The van der Waals surface area contributed by atoms with Crippen molar-refractivity contribution >= 4 is 38.6 Å². The Morgan fingerprint density at radius 3 is 2.63 bits per heavy atom. The maximum atomic E-state index is 11.6. The second-order valence-corrected chi connectivity index (χ2v) is 11.9. The summed E-state index contributed by atoms with van der Waals surface area (Å²) < 4.78 is 15.1. The van der Waals surface area contributed by atoms with E-state index >= 15 is 0 Å². The molecule has 7 rings (SSSR count). The highest BCUT2D eigenvalue weighted by molar-refractivity contribution is 7.18. The highest BCUT2D eigenvalue weighted by atomic mass is 32.1. The molecule has 2 aromatic carbocycles. The van der Waals surface area contributed by atoms with Crippen LogP contribution in [0, 0.1) is 0 Å². The number of hydrogen-bond acceptors (Lipinski definition) is 8. The van der Waals surface area contributed by atoms with Crippen molar-refractivity contribution in [2.75, 3.05) is 19.7 Å². The number of carbonyl (C=O) groups is 1. The van der Waals surface area contributed by atoms with E-state index < -0.39 is 5.97 Å². The number of benzene rings is 2. The average molecular weight is 570 g/mol. The number of imidazole rings is 1. The van der Waals surface area contributed by atoms with E-state index in [0.717, 1.165) is 83.3 Å². The fourth-order valence-corrected chi connectivity index (χ4v) is 6.59. The molecule has 9 nitrogen and oxygen atoms in total. The van der Waals surface area contributed by atoms with Gasteiger partial charge in [0.1, 0.15) is 17.4 Å². The van der Waals surface area contributed by atoms with Crippen LogP contribution in [0.15, 0.2) is 60.7 Å². The number of ether oxygens (including phenoxy) is 2. The van der Waals surface area contributed by atoms with Crippen molar-refractivity contribution in [3.8, 4) is 5.88 Å². The Hall–Kier alpha value is -3.86. The zero-order valence-electron chi connectivity index (χ0n) is 22.6. The molecular formula is C31H31N5O4S. The molecule has 0 spiro atoms. The monoisotopic (exact) mass is 569 g/mol. The van der Waals surface area contributed by atoms with Gasteiger partial charge in [0.25, 0.3) is 0 Å². The third kappa shape index (κ3) is 5.55. The maximum Gasteiger partial charge on any atom is 0.335 e. The van der Waals surface area contributed by atoms with Gasteiger partial charge in [-0.25, -0.2) is 19.7 Å². The number of carboxylic acids is 1. The van der Waals surface area contributed by atoms with Crippen molar-refractivity contribution in [2.24, 2.45) is 0 Å². The van der Waals surface area contributed by atoms with Gasteiger partial charge in [0.05, 0.1) is 46.0 Å². The standard InChI is InChI=1S/C31H31N5O4S/c37-31(38)21-8-9-24-26(16-21)36(17-22-12-15-39-22)28(32-24)18-35-13-10-20(11-14-35)23-5-3-7-29(33-23)40-19-30-34-25-4-1-2-6-27(25)41-30/h1-9,16,20,22H,10-15,17-19H2,(H,37,38). The second-order valence-electron chi connectivity index (χ2n) is 10.7. The predicted octanol–water partition coefficient (Wildman–Crippen LogP) is 5.49. The molecule has 5 heterocycles. The van der Waals surface area contributed by atoms with E-state index in [-0.39, 0.29) is 11.7 Å². The minimum atomic E-state index is -0.928. The summed E-state index contributed by atoms with van der Waals surface area (Å²) in [5.74, 6) is 1.04. The third-order valence-corrected chi connectivity index (χ3v) is 9.06. The molecule has 1 N–H and O–H groups in total. The van der Waals surface area contributed by atoms with E-state index in [1.54, 1.807) is 23.5 Å². The number of aromatic nitrogens is 4.